The Kier molecular flexibility index (Phi) is 6.01. The van der Waals surface area contributed by atoms with E-state index in [0.29, 0.717) is 11.3 Å². The lowest BCUT2D eigenvalue weighted by Crippen LogP contribution is -2.31. The van der Waals surface area contributed by atoms with E-state index in [0.717, 1.165) is 6.26 Å². The molecule has 27 heavy (non-hydrogen) atoms. The Morgan fingerprint density at radius 2 is 1.81 bits per heavy atom. The third-order valence-corrected chi connectivity index (χ3v) is 4.93. The van der Waals surface area contributed by atoms with Gasteiger partial charge in [0.1, 0.15) is 11.4 Å². The number of sulfone groups is 1. The summed E-state index contributed by atoms with van der Waals surface area (Å²) < 4.78 is 27.9. The number of methoxy groups -OCH3 is 1. The van der Waals surface area contributed by atoms with Gasteiger partial charge in [-0.2, -0.15) is 0 Å². The van der Waals surface area contributed by atoms with Crippen molar-refractivity contribution in [2.75, 3.05) is 18.7 Å². The molecule has 0 fully saturated rings. The van der Waals surface area contributed by atoms with Gasteiger partial charge in [0, 0.05) is 6.26 Å². The first-order chi connectivity index (χ1) is 12.6. The van der Waals surface area contributed by atoms with Gasteiger partial charge in [0.2, 0.25) is 0 Å². The molecule has 2 aromatic rings. The molecule has 144 valence electrons. The quantitative estimate of drug-likeness (QED) is 0.574. The molecule has 0 saturated heterocycles. The van der Waals surface area contributed by atoms with Crippen LogP contribution >= 0.6 is 0 Å². The molecule has 0 heterocycles. The maximum absolute atomic E-state index is 12.2. The Labute approximate surface area is 156 Å². The molecule has 0 bridgehead atoms. The lowest BCUT2D eigenvalue weighted by molar-refractivity contribution is -0.384. The summed E-state index contributed by atoms with van der Waals surface area (Å²) in [6.07, 6.45) is 1.11. The van der Waals surface area contributed by atoms with Crippen LogP contribution in [-0.4, -0.2) is 32.7 Å². The smallest absolute Gasteiger partial charge is 0.319 e. The highest BCUT2D eigenvalue weighted by Crippen LogP contribution is 2.29. The fourth-order valence-electron chi connectivity index (χ4n) is 2.34. The first kappa shape index (κ1) is 20.2. The summed E-state index contributed by atoms with van der Waals surface area (Å²) >= 11 is 0. The minimum Gasteiger partial charge on any atom is -0.496 e. The molecule has 2 rings (SSSR count). The van der Waals surface area contributed by atoms with Crippen molar-refractivity contribution in [2.24, 2.45) is 0 Å². The molecule has 0 spiro atoms. The number of amides is 2. The van der Waals surface area contributed by atoms with Gasteiger partial charge in [0.05, 0.1) is 29.0 Å². The minimum atomic E-state index is -3.30. The Morgan fingerprint density at radius 1 is 1.19 bits per heavy atom. The van der Waals surface area contributed by atoms with Crippen LogP contribution in [-0.2, 0) is 9.84 Å². The topological polar surface area (TPSA) is 128 Å². The molecule has 0 saturated carbocycles. The standard InChI is InChI=1S/C17H19N3O6S/c1-11(12-4-7-14(8-5-12)27(3,24)25)18-17(21)19-15-9-6-13(26-2)10-16(15)20(22)23/h4-11H,1-3H3,(H2,18,19,21)/t11-/m1/s1. The van der Waals surface area contributed by atoms with Crippen LogP contribution in [0.4, 0.5) is 16.2 Å². The van der Waals surface area contributed by atoms with E-state index in [1.165, 1.54) is 37.4 Å². The van der Waals surface area contributed by atoms with Gasteiger partial charge in [-0.05, 0) is 36.8 Å². The first-order valence-corrected chi connectivity index (χ1v) is 9.71. The van der Waals surface area contributed by atoms with E-state index in [2.05, 4.69) is 10.6 Å². The molecule has 0 aromatic heterocycles. The van der Waals surface area contributed by atoms with E-state index >= 15 is 0 Å². The van der Waals surface area contributed by atoms with Crippen molar-refractivity contribution in [1.29, 1.82) is 0 Å². The molecule has 2 N–H and O–H groups in total. The van der Waals surface area contributed by atoms with Crippen LogP contribution in [0.5, 0.6) is 5.75 Å². The number of carbonyl (C=O) groups excluding carboxylic acids is 1. The summed E-state index contributed by atoms with van der Waals surface area (Å²) in [5.41, 5.74) is 0.411. The molecule has 0 unspecified atom stereocenters. The summed E-state index contributed by atoms with van der Waals surface area (Å²) in [4.78, 5) is 22.9. The SMILES string of the molecule is COc1ccc(NC(=O)N[C@H](C)c2ccc(S(C)(=O)=O)cc2)c([N+](=O)[O-])c1. The number of hydrogen-bond donors (Lipinski definition) is 2. The number of nitrogens with zero attached hydrogens (tertiary/aromatic N) is 1. The Morgan fingerprint density at radius 3 is 2.33 bits per heavy atom. The summed E-state index contributed by atoms with van der Waals surface area (Å²) in [5.74, 6) is 0.298. The highest BCUT2D eigenvalue weighted by molar-refractivity contribution is 7.90. The number of nitrogens with one attached hydrogen (secondary N) is 2. The molecule has 0 aliphatic rings. The van der Waals surface area contributed by atoms with E-state index in [4.69, 9.17) is 4.74 Å². The van der Waals surface area contributed by atoms with E-state index in [1.54, 1.807) is 19.1 Å². The van der Waals surface area contributed by atoms with Gasteiger partial charge in [0.15, 0.2) is 9.84 Å². The zero-order chi connectivity index (χ0) is 20.2. The average Bonchev–Trinajstić information content (AvgIpc) is 2.61. The maximum atomic E-state index is 12.2. The van der Waals surface area contributed by atoms with Gasteiger partial charge in [-0.25, -0.2) is 13.2 Å². The molecule has 10 heteroatoms. The first-order valence-electron chi connectivity index (χ1n) is 7.82. The molecule has 2 amide bonds. The number of hydrogen-bond acceptors (Lipinski definition) is 6. The van der Waals surface area contributed by atoms with E-state index in [9.17, 15) is 23.3 Å². The molecular formula is C17H19N3O6S. The molecule has 0 aliphatic heterocycles. The van der Waals surface area contributed by atoms with E-state index < -0.39 is 26.8 Å². The molecular weight excluding hydrogens is 374 g/mol. The fourth-order valence-corrected chi connectivity index (χ4v) is 2.97. The van der Waals surface area contributed by atoms with Gasteiger partial charge >= 0.3 is 6.03 Å². The molecule has 1 atom stereocenters. The molecule has 9 nitrogen and oxygen atoms in total. The van der Waals surface area contributed by atoms with E-state index in [-0.39, 0.29) is 16.3 Å². The molecule has 0 radical (unpaired) electrons. The van der Waals surface area contributed by atoms with Crippen molar-refractivity contribution in [2.45, 2.75) is 17.9 Å². The second-order valence-corrected chi connectivity index (χ2v) is 7.82. The summed E-state index contributed by atoms with van der Waals surface area (Å²) in [6.45, 7) is 1.71. The maximum Gasteiger partial charge on any atom is 0.319 e. The van der Waals surface area contributed by atoms with Crippen LogP contribution in [0.3, 0.4) is 0 Å². The lowest BCUT2D eigenvalue weighted by Gasteiger charge is -2.15. The molecule has 0 aliphatic carbocycles. The number of urea groups is 1. The van der Waals surface area contributed by atoms with Gasteiger partial charge < -0.3 is 15.4 Å². The summed E-state index contributed by atoms with van der Waals surface area (Å²) in [7, 11) is -1.92. The second kappa shape index (κ2) is 8.04. The van der Waals surface area contributed by atoms with Crippen molar-refractivity contribution >= 4 is 27.2 Å². The third kappa shape index (κ3) is 5.17. The zero-order valence-corrected chi connectivity index (χ0v) is 15.7. The third-order valence-electron chi connectivity index (χ3n) is 3.81. The zero-order valence-electron chi connectivity index (χ0n) is 14.9. The van der Waals surface area contributed by atoms with Gasteiger partial charge in [-0.15, -0.1) is 0 Å². The Balaban J connectivity index is 2.10. The fraction of sp³-hybridized carbons (Fsp3) is 0.235. The van der Waals surface area contributed by atoms with Crippen LogP contribution in [0.25, 0.3) is 0 Å². The largest absolute Gasteiger partial charge is 0.496 e. The minimum absolute atomic E-state index is 0.0259. The van der Waals surface area contributed by atoms with Crippen molar-refractivity contribution in [3.05, 3.63) is 58.1 Å². The normalized spacial score (nSPS) is 12.1. The van der Waals surface area contributed by atoms with Crippen molar-refractivity contribution in [3.8, 4) is 5.75 Å². The number of ether oxygens (including phenoxy) is 1. The number of carbonyl (C=O) groups is 1. The van der Waals surface area contributed by atoms with Crippen LogP contribution in [0.2, 0.25) is 0 Å². The van der Waals surface area contributed by atoms with Crippen LogP contribution in [0.1, 0.15) is 18.5 Å². The van der Waals surface area contributed by atoms with Crippen molar-refractivity contribution < 1.29 is 22.9 Å². The van der Waals surface area contributed by atoms with Gasteiger partial charge in [-0.3, -0.25) is 10.1 Å². The van der Waals surface area contributed by atoms with Crippen LogP contribution in [0, 0.1) is 10.1 Å². The highest BCUT2D eigenvalue weighted by atomic mass is 32.2. The highest BCUT2D eigenvalue weighted by Gasteiger charge is 2.18. The van der Waals surface area contributed by atoms with Crippen molar-refractivity contribution in [1.82, 2.24) is 5.32 Å². The van der Waals surface area contributed by atoms with Crippen LogP contribution in [0.15, 0.2) is 47.4 Å². The molecule has 2 aromatic carbocycles. The predicted octanol–water partition coefficient (Wildman–Crippen LogP) is 2.89. The van der Waals surface area contributed by atoms with Gasteiger partial charge in [0.25, 0.3) is 5.69 Å². The monoisotopic (exact) mass is 393 g/mol. The predicted molar refractivity (Wildman–Crippen MR) is 99.8 cm³/mol. The lowest BCUT2D eigenvalue weighted by atomic mass is 10.1. The van der Waals surface area contributed by atoms with Gasteiger partial charge in [-0.1, -0.05) is 12.1 Å². The second-order valence-electron chi connectivity index (χ2n) is 5.80. The van der Waals surface area contributed by atoms with E-state index in [1.807, 2.05) is 0 Å². The van der Waals surface area contributed by atoms with Crippen molar-refractivity contribution in [3.63, 3.8) is 0 Å². The summed E-state index contributed by atoms with van der Waals surface area (Å²) in [6, 6.07) is 9.10. The Bertz CT molecular complexity index is 957. The number of benzene rings is 2. The number of rotatable bonds is 6. The number of nitro benzene ring substituents is 1. The average molecular weight is 393 g/mol. The van der Waals surface area contributed by atoms with Crippen LogP contribution < -0.4 is 15.4 Å². The number of anilines is 1. The number of nitro groups is 1. The summed E-state index contributed by atoms with van der Waals surface area (Å²) in [5, 5.41) is 16.2. The Hall–Kier alpha value is -3.14.